The number of para-hydroxylation sites is 2. The van der Waals surface area contributed by atoms with E-state index < -0.39 is 0 Å². The Balaban J connectivity index is 1.56. The van der Waals surface area contributed by atoms with E-state index in [1.165, 1.54) is 5.56 Å². The van der Waals surface area contributed by atoms with Crippen molar-refractivity contribution in [2.24, 2.45) is 4.99 Å². The molecule has 1 aliphatic rings. The molecule has 2 N–H and O–H groups in total. The lowest BCUT2D eigenvalue weighted by Gasteiger charge is -2.22. The molecule has 0 saturated carbocycles. The highest BCUT2D eigenvalue weighted by Gasteiger charge is 2.25. The van der Waals surface area contributed by atoms with Crippen molar-refractivity contribution in [3.63, 3.8) is 0 Å². The Hall–Kier alpha value is -2.76. The molecule has 1 aliphatic heterocycles. The second kappa shape index (κ2) is 9.80. The average Bonchev–Trinajstić information content (AvgIpc) is 3.17. The lowest BCUT2D eigenvalue weighted by atomic mass is 10.2. The van der Waals surface area contributed by atoms with Crippen LogP contribution in [-0.4, -0.2) is 50.3 Å². The van der Waals surface area contributed by atoms with E-state index in [4.69, 9.17) is 9.73 Å². The second-order valence-corrected chi connectivity index (χ2v) is 6.62. The number of aromatic nitrogens is 1. The van der Waals surface area contributed by atoms with E-state index in [1.54, 1.807) is 13.3 Å². The van der Waals surface area contributed by atoms with Crippen molar-refractivity contribution in [3.8, 4) is 5.75 Å². The van der Waals surface area contributed by atoms with Gasteiger partial charge in [0.05, 0.1) is 12.8 Å². The number of nitrogens with zero attached hydrogens (tertiary/aromatic N) is 3. The fraction of sp³-hybridized carbons (Fsp3) is 0.429. The van der Waals surface area contributed by atoms with Crippen molar-refractivity contribution in [2.45, 2.75) is 25.8 Å². The largest absolute Gasteiger partial charge is 0.495 e. The van der Waals surface area contributed by atoms with Crippen LogP contribution in [0.25, 0.3) is 0 Å². The summed E-state index contributed by atoms with van der Waals surface area (Å²) >= 11 is 0. The number of aliphatic imine (C=N–C) groups is 1. The number of ether oxygens (including phenoxy) is 1. The molecule has 3 rings (SSSR count). The third-order valence-corrected chi connectivity index (χ3v) is 4.69. The van der Waals surface area contributed by atoms with E-state index in [9.17, 15) is 0 Å². The van der Waals surface area contributed by atoms with Gasteiger partial charge in [0.15, 0.2) is 5.96 Å². The number of methoxy groups -OCH3 is 1. The SMILES string of the molecule is CCNC(=NCCc1cccnc1)NC1CCN(c2ccccc2OC)C1. The average molecular weight is 367 g/mol. The van der Waals surface area contributed by atoms with Crippen LogP contribution in [-0.2, 0) is 6.42 Å². The van der Waals surface area contributed by atoms with Crippen molar-refractivity contribution in [2.75, 3.05) is 38.2 Å². The maximum atomic E-state index is 5.50. The first-order chi connectivity index (χ1) is 13.3. The highest BCUT2D eigenvalue weighted by atomic mass is 16.5. The van der Waals surface area contributed by atoms with E-state index in [2.05, 4.69) is 45.6 Å². The van der Waals surface area contributed by atoms with Crippen molar-refractivity contribution in [1.29, 1.82) is 0 Å². The smallest absolute Gasteiger partial charge is 0.191 e. The number of guanidine groups is 1. The van der Waals surface area contributed by atoms with Crippen LogP contribution < -0.4 is 20.3 Å². The molecule has 1 saturated heterocycles. The number of hydrogen-bond donors (Lipinski definition) is 2. The normalized spacial score (nSPS) is 17.0. The van der Waals surface area contributed by atoms with Gasteiger partial charge in [0.1, 0.15) is 5.75 Å². The summed E-state index contributed by atoms with van der Waals surface area (Å²) in [5.74, 6) is 1.81. The van der Waals surface area contributed by atoms with Crippen LogP contribution in [0.15, 0.2) is 53.8 Å². The van der Waals surface area contributed by atoms with Crippen molar-refractivity contribution in [3.05, 3.63) is 54.4 Å². The first-order valence-electron chi connectivity index (χ1n) is 9.62. The highest BCUT2D eigenvalue weighted by molar-refractivity contribution is 5.80. The third kappa shape index (κ3) is 5.36. The molecular formula is C21H29N5O. The summed E-state index contributed by atoms with van der Waals surface area (Å²) in [4.78, 5) is 11.3. The molecule has 0 radical (unpaired) electrons. The molecule has 0 bridgehead atoms. The summed E-state index contributed by atoms with van der Waals surface area (Å²) in [5, 5.41) is 6.93. The zero-order chi connectivity index (χ0) is 18.9. The van der Waals surface area contributed by atoms with Gasteiger partial charge in [-0.25, -0.2) is 0 Å². The predicted octanol–water partition coefficient (Wildman–Crippen LogP) is 2.47. The van der Waals surface area contributed by atoms with E-state index in [0.717, 1.165) is 56.4 Å². The molecule has 0 amide bonds. The van der Waals surface area contributed by atoms with Crippen LogP contribution >= 0.6 is 0 Å². The van der Waals surface area contributed by atoms with Crippen LogP contribution in [0.4, 0.5) is 5.69 Å². The first kappa shape index (κ1) is 19.0. The fourth-order valence-electron chi connectivity index (χ4n) is 3.34. The Morgan fingerprint density at radius 1 is 1.30 bits per heavy atom. The molecule has 0 aliphatic carbocycles. The minimum atomic E-state index is 0.367. The Kier molecular flexibility index (Phi) is 6.90. The Labute approximate surface area is 161 Å². The van der Waals surface area contributed by atoms with E-state index >= 15 is 0 Å². The molecule has 2 heterocycles. The summed E-state index contributed by atoms with van der Waals surface area (Å²) < 4.78 is 5.50. The van der Waals surface area contributed by atoms with Crippen molar-refractivity contribution in [1.82, 2.24) is 15.6 Å². The maximum Gasteiger partial charge on any atom is 0.191 e. The van der Waals surface area contributed by atoms with Crippen molar-refractivity contribution >= 4 is 11.6 Å². The quantitative estimate of drug-likeness (QED) is 0.581. The molecular weight excluding hydrogens is 338 g/mol. The first-order valence-corrected chi connectivity index (χ1v) is 9.62. The molecule has 1 unspecified atom stereocenters. The molecule has 1 atom stereocenters. The molecule has 1 aromatic carbocycles. The van der Waals surface area contributed by atoms with E-state index in [-0.39, 0.29) is 0 Å². The van der Waals surface area contributed by atoms with Crippen molar-refractivity contribution < 1.29 is 4.74 Å². The van der Waals surface area contributed by atoms with Gasteiger partial charge < -0.3 is 20.3 Å². The molecule has 0 spiro atoms. The number of pyridine rings is 1. The van der Waals surface area contributed by atoms with Gasteiger partial charge in [-0.3, -0.25) is 9.98 Å². The molecule has 2 aromatic rings. The minimum absolute atomic E-state index is 0.367. The summed E-state index contributed by atoms with van der Waals surface area (Å²) in [6.45, 7) is 5.63. The zero-order valence-corrected chi connectivity index (χ0v) is 16.2. The van der Waals surface area contributed by atoms with Gasteiger partial charge in [-0.2, -0.15) is 0 Å². The monoisotopic (exact) mass is 367 g/mol. The highest BCUT2D eigenvalue weighted by Crippen LogP contribution is 2.30. The second-order valence-electron chi connectivity index (χ2n) is 6.62. The predicted molar refractivity (Wildman–Crippen MR) is 111 cm³/mol. The maximum absolute atomic E-state index is 5.50. The molecule has 1 fully saturated rings. The molecule has 6 nitrogen and oxygen atoms in total. The molecule has 27 heavy (non-hydrogen) atoms. The number of rotatable bonds is 7. The van der Waals surface area contributed by atoms with Crippen LogP contribution in [0.2, 0.25) is 0 Å². The van der Waals surface area contributed by atoms with E-state index in [1.807, 2.05) is 24.4 Å². The summed E-state index contributed by atoms with van der Waals surface area (Å²) in [6.07, 6.45) is 5.66. The van der Waals surface area contributed by atoms with Gasteiger partial charge in [0, 0.05) is 44.6 Å². The summed E-state index contributed by atoms with van der Waals surface area (Å²) in [5.41, 5.74) is 2.36. The number of hydrogen-bond acceptors (Lipinski definition) is 4. The van der Waals surface area contributed by atoms with Gasteiger partial charge >= 0.3 is 0 Å². The zero-order valence-electron chi connectivity index (χ0n) is 16.2. The van der Waals surface area contributed by atoms with Gasteiger partial charge in [-0.05, 0) is 43.5 Å². The number of benzene rings is 1. The number of nitrogens with one attached hydrogen (secondary N) is 2. The topological polar surface area (TPSA) is 61.8 Å². The minimum Gasteiger partial charge on any atom is -0.495 e. The summed E-state index contributed by atoms with van der Waals surface area (Å²) in [6, 6.07) is 12.6. The molecule has 6 heteroatoms. The standard InChI is InChI=1S/C21H29N5O/c1-3-23-21(24-13-10-17-7-6-12-22-15-17)25-18-11-14-26(16-18)19-8-4-5-9-20(19)27-2/h4-9,12,15,18H,3,10-11,13-14,16H2,1-2H3,(H2,23,24,25). The Morgan fingerprint density at radius 3 is 2.96 bits per heavy atom. The Bertz CT molecular complexity index is 734. The fourth-order valence-corrected chi connectivity index (χ4v) is 3.34. The summed E-state index contributed by atoms with van der Waals surface area (Å²) in [7, 11) is 1.73. The molecule has 144 valence electrons. The lowest BCUT2D eigenvalue weighted by Crippen LogP contribution is -2.44. The van der Waals surface area contributed by atoms with Gasteiger partial charge in [0.25, 0.3) is 0 Å². The van der Waals surface area contributed by atoms with Crippen LogP contribution in [0.1, 0.15) is 18.9 Å². The van der Waals surface area contributed by atoms with Crippen LogP contribution in [0.5, 0.6) is 5.75 Å². The van der Waals surface area contributed by atoms with Gasteiger partial charge in [0.2, 0.25) is 0 Å². The van der Waals surface area contributed by atoms with E-state index in [0.29, 0.717) is 6.04 Å². The Morgan fingerprint density at radius 2 is 2.19 bits per heavy atom. The molecule has 1 aromatic heterocycles. The van der Waals surface area contributed by atoms with Gasteiger partial charge in [-0.1, -0.05) is 18.2 Å². The third-order valence-electron chi connectivity index (χ3n) is 4.69. The van der Waals surface area contributed by atoms with Crippen LogP contribution in [0.3, 0.4) is 0 Å². The lowest BCUT2D eigenvalue weighted by molar-refractivity contribution is 0.415. The number of anilines is 1. The van der Waals surface area contributed by atoms with Gasteiger partial charge in [-0.15, -0.1) is 0 Å². The van der Waals surface area contributed by atoms with Crippen LogP contribution in [0, 0.1) is 0 Å².